The third-order valence-corrected chi connectivity index (χ3v) is 6.53. The molecule has 1 N–H and O–H groups in total. The summed E-state index contributed by atoms with van der Waals surface area (Å²) in [6, 6.07) is -0.0323. The minimum Gasteiger partial charge on any atom is -0.461 e. The number of ether oxygens (including phenoxy) is 1. The van der Waals surface area contributed by atoms with Crippen molar-refractivity contribution >= 4 is 28.4 Å². The Bertz CT molecular complexity index is 644. The van der Waals surface area contributed by atoms with Crippen molar-refractivity contribution in [2.24, 2.45) is 0 Å². The Labute approximate surface area is 134 Å². The highest BCUT2D eigenvalue weighted by Gasteiger charge is 2.33. The van der Waals surface area contributed by atoms with Gasteiger partial charge in [0.25, 0.3) is 0 Å². The van der Waals surface area contributed by atoms with Gasteiger partial charge in [-0.2, -0.15) is 12.6 Å². The van der Waals surface area contributed by atoms with E-state index in [0.717, 1.165) is 0 Å². The summed E-state index contributed by atoms with van der Waals surface area (Å²) in [6.45, 7) is 4.60. The Morgan fingerprint density at radius 3 is 2.91 bits per heavy atom. The number of thiol groups is 1. The summed E-state index contributed by atoms with van der Waals surface area (Å²) in [5.74, 6) is -0.499. The molecule has 2 unspecified atom stereocenters. The Kier molecular flexibility index (Phi) is 5.45. The largest absolute Gasteiger partial charge is 0.461 e. The lowest BCUT2D eigenvalue weighted by Gasteiger charge is -2.11. The number of sulfone groups is 1. The van der Waals surface area contributed by atoms with E-state index in [2.05, 4.69) is 28.3 Å². The molecule has 1 aliphatic rings. The lowest BCUT2D eigenvalue weighted by molar-refractivity contribution is 0.0518. The fraction of sp³-hybridized carbons (Fsp3) is 0.750. The molecule has 10 heteroatoms. The Morgan fingerprint density at radius 1 is 1.55 bits per heavy atom. The van der Waals surface area contributed by atoms with Crippen molar-refractivity contribution in [3.63, 3.8) is 0 Å². The summed E-state index contributed by atoms with van der Waals surface area (Å²) in [6.07, 6.45) is 0.497. The molecule has 1 fully saturated rings. The number of hydrogen-bond acceptors (Lipinski definition) is 8. The summed E-state index contributed by atoms with van der Waals surface area (Å²) in [4.78, 5) is 11.7. The minimum absolute atomic E-state index is 0.0323. The van der Waals surface area contributed by atoms with Crippen molar-refractivity contribution in [3.8, 4) is 0 Å². The van der Waals surface area contributed by atoms with E-state index in [0.29, 0.717) is 25.2 Å². The van der Waals surface area contributed by atoms with Crippen LogP contribution in [0.25, 0.3) is 0 Å². The van der Waals surface area contributed by atoms with Crippen LogP contribution in [0.15, 0.2) is 0 Å². The van der Waals surface area contributed by atoms with E-state index in [-0.39, 0.29) is 23.4 Å². The zero-order valence-corrected chi connectivity index (χ0v) is 14.2. The summed E-state index contributed by atoms with van der Waals surface area (Å²) in [5, 5.41) is 10.4. The highest BCUT2D eigenvalue weighted by molar-refractivity contribution is 8.04. The van der Waals surface area contributed by atoms with Gasteiger partial charge in [-0.1, -0.05) is 5.21 Å². The molecule has 0 spiro atoms. The van der Waals surface area contributed by atoms with Crippen LogP contribution in [0.4, 0.5) is 0 Å². The Hall–Kier alpha value is -1.13. The molecule has 2 atom stereocenters. The fourth-order valence-electron chi connectivity index (χ4n) is 2.43. The maximum atomic E-state index is 11.8. The van der Waals surface area contributed by atoms with Crippen molar-refractivity contribution in [1.82, 2.24) is 20.3 Å². The lowest BCUT2D eigenvalue weighted by Crippen LogP contribution is -2.28. The van der Waals surface area contributed by atoms with Crippen LogP contribution in [-0.2, 0) is 21.1 Å². The molecule has 0 radical (unpaired) electrons. The molecule has 0 bridgehead atoms. The zero-order chi connectivity index (χ0) is 16.3. The monoisotopic (exact) mass is 348 g/mol. The number of hydrogen-bond donors (Lipinski definition) is 2. The van der Waals surface area contributed by atoms with Crippen molar-refractivity contribution in [1.29, 1.82) is 0 Å². The van der Waals surface area contributed by atoms with Gasteiger partial charge in [-0.05, 0) is 20.3 Å². The van der Waals surface area contributed by atoms with E-state index in [1.165, 1.54) is 0 Å². The van der Waals surface area contributed by atoms with Crippen LogP contribution in [0.1, 0.15) is 29.5 Å². The first-order valence-corrected chi connectivity index (χ1v) is 9.36. The average molecular weight is 348 g/mol. The number of carbonyl (C=O) groups is 1. The molecule has 124 valence electrons. The zero-order valence-electron chi connectivity index (χ0n) is 12.5. The van der Waals surface area contributed by atoms with Crippen molar-refractivity contribution in [3.05, 3.63) is 11.4 Å². The van der Waals surface area contributed by atoms with Crippen LogP contribution in [0.3, 0.4) is 0 Å². The predicted molar refractivity (Wildman–Crippen MR) is 83.7 cm³/mol. The smallest absolute Gasteiger partial charge is 0.360 e. The highest BCUT2D eigenvalue weighted by Crippen LogP contribution is 2.18. The van der Waals surface area contributed by atoms with E-state index in [1.54, 1.807) is 18.5 Å². The van der Waals surface area contributed by atoms with Crippen LogP contribution >= 0.6 is 12.6 Å². The maximum absolute atomic E-state index is 11.8. The van der Waals surface area contributed by atoms with E-state index in [9.17, 15) is 13.2 Å². The number of nitrogens with one attached hydrogen (secondary N) is 1. The van der Waals surface area contributed by atoms with Gasteiger partial charge < -0.3 is 10.1 Å². The predicted octanol–water partition coefficient (Wildman–Crippen LogP) is -0.204. The molecular formula is C12H20N4O4S2. The van der Waals surface area contributed by atoms with Gasteiger partial charge >= 0.3 is 5.97 Å². The molecule has 0 aliphatic carbocycles. The van der Waals surface area contributed by atoms with Gasteiger partial charge in [-0.15, -0.1) is 5.10 Å². The second kappa shape index (κ2) is 6.97. The quantitative estimate of drug-likeness (QED) is 0.542. The molecule has 2 rings (SSSR count). The second-order valence-corrected chi connectivity index (χ2v) is 8.21. The first-order chi connectivity index (χ1) is 10.4. The third-order valence-electron chi connectivity index (χ3n) is 3.71. The minimum atomic E-state index is -3.17. The number of rotatable bonds is 6. The van der Waals surface area contributed by atoms with E-state index in [1.807, 2.05) is 0 Å². The SMILES string of the molecule is CCOC(=O)c1nnn(CC2CC(S(=O)(=O)CS)CN2)c1C. The van der Waals surface area contributed by atoms with Crippen LogP contribution in [0.2, 0.25) is 0 Å². The van der Waals surface area contributed by atoms with Gasteiger partial charge in [0.1, 0.15) is 0 Å². The van der Waals surface area contributed by atoms with Gasteiger partial charge in [-0.25, -0.2) is 17.9 Å². The van der Waals surface area contributed by atoms with E-state index < -0.39 is 21.1 Å². The van der Waals surface area contributed by atoms with E-state index in [4.69, 9.17) is 4.74 Å². The van der Waals surface area contributed by atoms with Gasteiger partial charge in [0.15, 0.2) is 15.5 Å². The van der Waals surface area contributed by atoms with Crippen molar-refractivity contribution < 1.29 is 17.9 Å². The normalized spacial score (nSPS) is 22.0. The van der Waals surface area contributed by atoms with Crippen molar-refractivity contribution in [2.45, 2.75) is 38.1 Å². The third kappa shape index (κ3) is 3.61. The molecule has 0 amide bonds. The van der Waals surface area contributed by atoms with Crippen molar-refractivity contribution in [2.75, 3.05) is 18.2 Å². The van der Waals surface area contributed by atoms with Gasteiger partial charge in [0.2, 0.25) is 0 Å². The standard InChI is InChI=1S/C12H20N4O4S2/c1-3-20-12(17)11-8(2)16(15-14-11)6-9-4-10(5-13-9)22(18,19)7-21/h9-10,13,21H,3-7H2,1-2H3. The molecular weight excluding hydrogens is 328 g/mol. The average Bonchev–Trinajstić information content (AvgIpc) is 3.08. The second-order valence-electron chi connectivity index (χ2n) is 5.18. The molecule has 0 aromatic carbocycles. The molecule has 1 aromatic rings. The molecule has 1 aliphatic heterocycles. The summed E-state index contributed by atoms with van der Waals surface area (Å²) < 4.78 is 30.1. The molecule has 8 nitrogen and oxygen atoms in total. The first-order valence-electron chi connectivity index (χ1n) is 7.02. The molecule has 1 saturated heterocycles. The Morgan fingerprint density at radius 2 is 2.27 bits per heavy atom. The molecule has 2 heterocycles. The van der Waals surface area contributed by atoms with Crippen LogP contribution in [-0.4, -0.2) is 58.9 Å². The number of esters is 1. The molecule has 22 heavy (non-hydrogen) atoms. The van der Waals surface area contributed by atoms with Gasteiger partial charge in [-0.3, -0.25) is 0 Å². The summed E-state index contributed by atoms with van der Waals surface area (Å²) in [5.41, 5.74) is 0.806. The topological polar surface area (TPSA) is 103 Å². The van der Waals surface area contributed by atoms with Gasteiger partial charge in [0.05, 0.1) is 29.2 Å². The highest BCUT2D eigenvalue weighted by atomic mass is 32.2. The summed E-state index contributed by atoms with van der Waals surface area (Å²) in [7, 11) is -3.17. The summed E-state index contributed by atoms with van der Waals surface area (Å²) >= 11 is 3.87. The van der Waals surface area contributed by atoms with Crippen LogP contribution < -0.4 is 5.32 Å². The number of aromatic nitrogens is 3. The number of carbonyl (C=O) groups excluding carboxylic acids is 1. The Balaban J connectivity index is 2.03. The maximum Gasteiger partial charge on any atom is 0.360 e. The van der Waals surface area contributed by atoms with Crippen LogP contribution in [0, 0.1) is 6.92 Å². The molecule has 1 aromatic heterocycles. The first kappa shape index (κ1) is 17.2. The molecule has 0 saturated carbocycles. The number of nitrogens with zero attached hydrogens (tertiary/aromatic N) is 3. The fourth-order valence-corrected chi connectivity index (χ4v) is 4.15. The van der Waals surface area contributed by atoms with E-state index >= 15 is 0 Å². The van der Waals surface area contributed by atoms with Gasteiger partial charge in [0, 0.05) is 12.6 Å². The lowest BCUT2D eigenvalue weighted by atomic mass is 10.2. The van der Waals surface area contributed by atoms with Crippen LogP contribution in [0.5, 0.6) is 0 Å².